The predicted molar refractivity (Wildman–Crippen MR) is 76.6 cm³/mol. The Balaban J connectivity index is 2.82. The van der Waals surface area contributed by atoms with Crippen LogP contribution in [0.2, 0.25) is 0 Å². The van der Waals surface area contributed by atoms with Gasteiger partial charge in [0.15, 0.2) is 0 Å². The maximum atomic E-state index is 3.48. The van der Waals surface area contributed by atoms with Crippen molar-refractivity contribution in [2.45, 2.75) is 46.7 Å². The van der Waals surface area contributed by atoms with E-state index in [1.807, 2.05) is 0 Å². The molecule has 0 aliphatic carbocycles. The molecule has 1 aromatic rings. The molecular formula is C15H26N2. The molecule has 1 rings (SSSR count). The van der Waals surface area contributed by atoms with Crippen LogP contribution in [0.3, 0.4) is 0 Å². The zero-order chi connectivity index (χ0) is 12.7. The number of hydrogen-bond acceptors (Lipinski definition) is 2. The first-order chi connectivity index (χ1) is 8.20. The average Bonchev–Trinajstić information content (AvgIpc) is 2.32. The van der Waals surface area contributed by atoms with Crippen molar-refractivity contribution in [3.8, 4) is 0 Å². The Morgan fingerprint density at radius 1 is 1.18 bits per heavy atom. The fourth-order valence-corrected chi connectivity index (χ4v) is 2.15. The number of benzene rings is 1. The molecule has 96 valence electrons. The van der Waals surface area contributed by atoms with Gasteiger partial charge in [0, 0.05) is 24.8 Å². The molecule has 0 heterocycles. The van der Waals surface area contributed by atoms with E-state index < -0.39 is 0 Å². The lowest BCUT2D eigenvalue weighted by Crippen LogP contribution is -2.31. The van der Waals surface area contributed by atoms with Gasteiger partial charge in [0.25, 0.3) is 0 Å². The molecule has 0 aliphatic heterocycles. The van der Waals surface area contributed by atoms with Gasteiger partial charge in [0.05, 0.1) is 0 Å². The van der Waals surface area contributed by atoms with Gasteiger partial charge in [-0.3, -0.25) is 0 Å². The van der Waals surface area contributed by atoms with Gasteiger partial charge in [-0.05, 0) is 45.4 Å². The largest absolute Gasteiger partial charge is 0.369 e. The summed E-state index contributed by atoms with van der Waals surface area (Å²) in [5.74, 6) is 0. The maximum absolute atomic E-state index is 3.48. The van der Waals surface area contributed by atoms with Crippen LogP contribution in [-0.4, -0.2) is 19.1 Å². The number of rotatable bonds is 7. The van der Waals surface area contributed by atoms with Crippen molar-refractivity contribution in [1.29, 1.82) is 0 Å². The van der Waals surface area contributed by atoms with Gasteiger partial charge < -0.3 is 10.2 Å². The average molecular weight is 234 g/mol. The SMILES string of the molecule is CCCNCc1ccccc1N(CC)C(C)C. The Labute approximate surface area is 106 Å². The van der Waals surface area contributed by atoms with Gasteiger partial charge in [-0.1, -0.05) is 25.1 Å². The van der Waals surface area contributed by atoms with Gasteiger partial charge in [-0.15, -0.1) is 0 Å². The molecule has 1 N–H and O–H groups in total. The van der Waals surface area contributed by atoms with E-state index in [1.165, 1.54) is 17.7 Å². The van der Waals surface area contributed by atoms with E-state index in [0.717, 1.165) is 19.6 Å². The van der Waals surface area contributed by atoms with Crippen LogP contribution in [0.1, 0.15) is 39.7 Å². The van der Waals surface area contributed by atoms with Crippen molar-refractivity contribution in [3.63, 3.8) is 0 Å². The van der Waals surface area contributed by atoms with E-state index in [-0.39, 0.29) is 0 Å². The molecular weight excluding hydrogens is 208 g/mol. The monoisotopic (exact) mass is 234 g/mol. The summed E-state index contributed by atoms with van der Waals surface area (Å²) in [5, 5.41) is 3.48. The summed E-state index contributed by atoms with van der Waals surface area (Å²) in [7, 11) is 0. The van der Waals surface area contributed by atoms with E-state index in [9.17, 15) is 0 Å². The molecule has 0 unspecified atom stereocenters. The smallest absolute Gasteiger partial charge is 0.0414 e. The highest BCUT2D eigenvalue weighted by Gasteiger charge is 2.11. The minimum Gasteiger partial charge on any atom is -0.369 e. The summed E-state index contributed by atoms with van der Waals surface area (Å²) in [4.78, 5) is 2.45. The van der Waals surface area contributed by atoms with E-state index in [4.69, 9.17) is 0 Å². The minimum absolute atomic E-state index is 0.548. The number of anilines is 1. The molecule has 0 saturated heterocycles. The quantitative estimate of drug-likeness (QED) is 0.727. The lowest BCUT2D eigenvalue weighted by atomic mass is 10.1. The number of nitrogens with one attached hydrogen (secondary N) is 1. The van der Waals surface area contributed by atoms with Gasteiger partial charge in [-0.25, -0.2) is 0 Å². The maximum Gasteiger partial charge on any atom is 0.0414 e. The van der Waals surface area contributed by atoms with E-state index >= 15 is 0 Å². The lowest BCUT2D eigenvalue weighted by Gasteiger charge is -2.29. The molecule has 0 fully saturated rings. The van der Waals surface area contributed by atoms with Crippen LogP contribution in [0, 0.1) is 0 Å². The molecule has 0 aliphatic rings. The molecule has 0 bridgehead atoms. The summed E-state index contributed by atoms with van der Waals surface area (Å²) in [6.07, 6.45) is 1.18. The van der Waals surface area contributed by atoms with Gasteiger partial charge in [-0.2, -0.15) is 0 Å². The van der Waals surface area contributed by atoms with Crippen LogP contribution in [0.4, 0.5) is 5.69 Å². The third-order valence-electron chi connectivity index (χ3n) is 3.01. The predicted octanol–water partition coefficient (Wildman–Crippen LogP) is 3.42. The van der Waals surface area contributed by atoms with Crippen LogP contribution in [0.5, 0.6) is 0 Å². The minimum atomic E-state index is 0.548. The summed E-state index contributed by atoms with van der Waals surface area (Å²) < 4.78 is 0. The third kappa shape index (κ3) is 4.04. The molecule has 1 aromatic carbocycles. The van der Waals surface area contributed by atoms with Crippen molar-refractivity contribution in [2.75, 3.05) is 18.0 Å². The topological polar surface area (TPSA) is 15.3 Å². The highest BCUT2D eigenvalue weighted by atomic mass is 15.1. The second-order valence-corrected chi connectivity index (χ2v) is 4.69. The van der Waals surface area contributed by atoms with Crippen molar-refractivity contribution in [3.05, 3.63) is 29.8 Å². The molecule has 0 saturated carbocycles. The van der Waals surface area contributed by atoms with Crippen LogP contribution in [-0.2, 0) is 6.54 Å². The van der Waals surface area contributed by atoms with Crippen molar-refractivity contribution in [1.82, 2.24) is 5.32 Å². The van der Waals surface area contributed by atoms with Crippen LogP contribution < -0.4 is 10.2 Å². The molecule has 2 heteroatoms. The number of nitrogens with zero attached hydrogens (tertiary/aromatic N) is 1. The highest BCUT2D eigenvalue weighted by Crippen LogP contribution is 2.22. The lowest BCUT2D eigenvalue weighted by molar-refractivity contribution is 0.661. The Morgan fingerprint density at radius 2 is 1.88 bits per heavy atom. The van der Waals surface area contributed by atoms with Crippen LogP contribution in [0.15, 0.2) is 24.3 Å². The number of hydrogen-bond donors (Lipinski definition) is 1. The standard InChI is InChI=1S/C15H26N2/c1-5-11-16-12-14-9-7-8-10-15(14)17(6-2)13(3)4/h7-10,13,16H,5-6,11-12H2,1-4H3. The van der Waals surface area contributed by atoms with Crippen molar-refractivity contribution in [2.24, 2.45) is 0 Å². The Bertz CT molecular complexity index is 320. The Kier molecular flexibility index (Phi) is 6.06. The molecule has 2 nitrogen and oxygen atoms in total. The first kappa shape index (κ1) is 14.0. The molecule has 17 heavy (non-hydrogen) atoms. The number of para-hydroxylation sites is 1. The van der Waals surface area contributed by atoms with E-state index in [1.54, 1.807) is 0 Å². The second kappa shape index (κ2) is 7.33. The van der Waals surface area contributed by atoms with Gasteiger partial charge in [0.2, 0.25) is 0 Å². The fourth-order valence-electron chi connectivity index (χ4n) is 2.15. The Hall–Kier alpha value is -1.02. The van der Waals surface area contributed by atoms with E-state index in [0.29, 0.717) is 6.04 Å². The van der Waals surface area contributed by atoms with Crippen LogP contribution >= 0.6 is 0 Å². The van der Waals surface area contributed by atoms with Crippen LogP contribution in [0.25, 0.3) is 0 Å². The molecule has 0 radical (unpaired) electrons. The summed E-state index contributed by atoms with van der Waals surface area (Å²) in [6, 6.07) is 9.26. The molecule has 0 spiro atoms. The van der Waals surface area contributed by atoms with Crippen molar-refractivity contribution < 1.29 is 0 Å². The Morgan fingerprint density at radius 3 is 2.47 bits per heavy atom. The van der Waals surface area contributed by atoms with Crippen molar-refractivity contribution >= 4 is 5.69 Å². The fraction of sp³-hybridized carbons (Fsp3) is 0.600. The summed E-state index contributed by atoms with van der Waals surface area (Å²) in [5.41, 5.74) is 2.77. The summed E-state index contributed by atoms with van der Waals surface area (Å²) >= 11 is 0. The normalized spacial score (nSPS) is 10.9. The molecule has 0 aromatic heterocycles. The first-order valence-corrected chi connectivity index (χ1v) is 6.75. The summed E-state index contributed by atoms with van der Waals surface area (Å²) in [6.45, 7) is 12.0. The molecule has 0 atom stereocenters. The highest BCUT2D eigenvalue weighted by molar-refractivity contribution is 5.54. The van der Waals surface area contributed by atoms with Gasteiger partial charge >= 0.3 is 0 Å². The second-order valence-electron chi connectivity index (χ2n) is 4.69. The van der Waals surface area contributed by atoms with Gasteiger partial charge in [0.1, 0.15) is 0 Å². The molecule has 0 amide bonds. The zero-order valence-electron chi connectivity index (χ0n) is 11.7. The third-order valence-corrected chi connectivity index (χ3v) is 3.01. The van der Waals surface area contributed by atoms with E-state index in [2.05, 4.69) is 62.2 Å². The zero-order valence-corrected chi connectivity index (χ0v) is 11.7. The first-order valence-electron chi connectivity index (χ1n) is 6.75.